The number of nitrogens with one attached hydrogen (secondary N) is 2. The molecule has 282 valence electrons. The summed E-state index contributed by atoms with van der Waals surface area (Å²) in [4.78, 5) is 30.7. The van der Waals surface area contributed by atoms with Gasteiger partial charge in [-0.1, -0.05) is 54.6 Å². The van der Waals surface area contributed by atoms with E-state index in [1.807, 2.05) is 42.5 Å². The van der Waals surface area contributed by atoms with Crippen molar-refractivity contribution in [1.82, 2.24) is 10.2 Å². The van der Waals surface area contributed by atoms with E-state index in [0.29, 0.717) is 30.2 Å². The maximum Gasteiger partial charge on any atom is 0.290 e. The Kier molecular flexibility index (Phi) is 15.0. The zero-order valence-electron chi connectivity index (χ0n) is 29.6. The molecule has 2 aliphatic rings. The number of aryl methyl sites for hydroxylation is 1. The average Bonchev–Trinajstić information content (AvgIpc) is 3.16. The molecule has 1 amide bonds. The third-order valence-electron chi connectivity index (χ3n) is 9.35. The van der Waals surface area contributed by atoms with Crippen molar-refractivity contribution in [3.8, 4) is 23.0 Å². The molecule has 1 saturated heterocycles. The molecule has 1 fully saturated rings. The van der Waals surface area contributed by atoms with Gasteiger partial charge in [0.15, 0.2) is 12.4 Å². The van der Waals surface area contributed by atoms with Crippen molar-refractivity contribution >= 4 is 24.5 Å². The fourth-order valence-corrected chi connectivity index (χ4v) is 6.67. The van der Waals surface area contributed by atoms with Gasteiger partial charge in [0.05, 0.1) is 12.7 Å². The van der Waals surface area contributed by atoms with Crippen LogP contribution in [0.25, 0.3) is 0 Å². The lowest BCUT2D eigenvalue weighted by Gasteiger charge is -2.42. The van der Waals surface area contributed by atoms with E-state index in [0.717, 1.165) is 55.6 Å². The van der Waals surface area contributed by atoms with Gasteiger partial charge < -0.3 is 50.5 Å². The number of phenolic OH excluding ortho intramolecular Hbond substituents is 2. The maximum absolute atomic E-state index is 11.6. The number of likely N-dealkylation sites (tertiary alicyclic amines) is 1. The second-order valence-electron chi connectivity index (χ2n) is 12.8. The minimum atomic E-state index is -0.889. The lowest BCUT2D eigenvalue weighted by Crippen LogP contribution is -2.41. The molecule has 0 saturated carbocycles. The second kappa shape index (κ2) is 19.8. The number of carbonyl (C=O) groups excluding carboxylic acids is 1. The minimum absolute atomic E-state index is 0.103. The van der Waals surface area contributed by atoms with Gasteiger partial charge in [0.1, 0.15) is 22.9 Å². The summed E-state index contributed by atoms with van der Waals surface area (Å²) in [6.07, 6.45) is 2.75. The molecule has 0 spiro atoms. The number of amides is 1. The molecule has 13 nitrogen and oxygen atoms in total. The molecule has 0 aromatic heterocycles. The summed E-state index contributed by atoms with van der Waals surface area (Å²) < 4.78 is 11.5. The van der Waals surface area contributed by atoms with Crippen molar-refractivity contribution in [1.29, 1.82) is 0 Å². The third kappa shape index (κ3) is 10.7. The fraction of sp³-hybridized carbons (Fsp3) is 0.325. The molecule has 1 atom stereocenters. The van der Waals surface area contributed by atoms with Crippen LogP contribution in [-0.4, -0.2) is 89.2 Å². The van der Waals surface area contributed by atoms with Crippen LogP contribution in [0, 0.1) is 0 Å². The topological polar surface area (TPSA) is 198 Å². The lowest BCUT2D eigenvalue weighted by atomic mass is 9.67. The van der Waals surface area contributed by atoms with Gasteiger partial charge in [0.2, 0.25) is 0 Å². The summed E-state index contributed by atoms with van der Waals surface area (Å²) in [5.74, 6) is 1.000. The van der Waals surface area contributed by atoms with E-state index in [-0.39, 0.29) is 48.9 Å². The number of hydrogen-bond donors (Lipinski definition) is 7. The van der Waals surface area contributed by atoms with Gasteiger partial charge in [0.25, 0.3) is 18.9 Å². The number of carbonyl (C=O) groups is 3. The number of aliphatic hydroxyl groups excluding tert-OH is 1. The summed E-state index contributed by atoms with van der Waals surface area (Å²) in [6, 6.07) is 27.6. The number of rotatable bonds is 12. The highest BCUT2D eigenvalue weighted by Gasteiger charge is 2.39. The normalized spacial score (nSPS) is 15.1. The van der Waals surface area contributed by atoms with Gasteiger partial charge in [-0.2, -0.15) is 0 Å². The van der Waals surface area contributed by atoms with E-state index in [1.54, 1.807) is 6.07 Å². The first kappa shape index (κ1) is 40.1. The third-order valence-corrected chi connectivity index (χ3v) is 9.35. The van der Waals surface area contributed by atoms with Crippen LogP contribution in [0.2, 0.25) is 0 Å². The van der Waals surface area contributed by atoms with Crippen molar-refractivity contribution in [3.05, 3.63) is 113 Å². The molecule has 7 N–H and O–H groups in total. The predicted octanol–water partition coefficient (Wildman–Crippen LogP) is 4.68. The summed E-state index contributed by atoms with van der Waals surface area (Å²) in [6.45, 7) is 2.69. The Hall–Kier alpha value is -5.63. The molecule has 0 aliphatic carbocycles. The number of carboxylic acid groups (broad SMARTS) is 2. The van der Waals surface area contributed by atoms with Gasteiger partial charge >= 0.3 is 0 Å². The molecule has 4 aromatic carbocycles. The van der Waals surface area contributed by atoms with Crippen molar-refractivity contribution in [3.63, 3.8) is 0 Å². The standard InChI is InChI=1S/C38H43N3O6.2CH2O2/c1-41-19-17-38(18-20-41,28-7-3-2-4-8-28)31-22-26(11-15-32(31)42)6-5-21-46-29-12-9-27(10-13-29)23-39-24-34(44)30-14-16-33(43)36-37(30)47-25-35(45)40-36;2*2-1-3/h2-4,7-16,22,34,39,42-44H,5-6,17-21,23-25H2,1H3,(H,40,45);2*1H,(H,2,3)/t34-;;/m0../s1. The molecule has 6 rings (SSSR count). The van der Waals surface area contributed by atoms with Crippen LogP contribution in [0.4, 0.5) is 5.69 Å². The van der Waals surface area contributed by atoms with Gasteiger partial charge in [-0.3, -0.25) is 14.4 Å². The Balaban J connectivity index is 0.000000980. The van der Waals surface area contributed by atoms with Crippen molar-refractivity contribution in [2.24, 2.45) is 0 Å². The highest BCUT2D eigenvalue weighted by atomic mass is 16.5. The highest BCUT2D eigenvalue weighted by Crippen LogP contribution is 2.45. The van der Waals surface area contributed by atoms with Crippen molar-refractivity contribution in [2.75, 3.05) is 45.2 Å². The SMILES string of the molecule is CN1CCC(c2ccccc2)(c2cc(CCCOc3ccc(CNC[C@H](O)c4ccc(O)c5c4OCC(=O)N5)cc3)ccc2O)CC1.O=CO.O=CO. The molecule has 2 aliphatic heterocycles. The number of phenols is 2. The van der Waals surface area contributed by atoms with Gasteiger partial charge in [-0.05, 0) is 92.8 Å². The number of nitrogens with zero attached hydrogens (tertiary/aromatic N) is 1. The zero-order chi connectivity index (χ0) is 38.2. The summed E-state index contributed by atoms with van der Waals surface area (Å²) >= 11 is 0. The number of aromatic hydroxyl groups is 2. The van der Waals surface area contributed by atoms with Crippen LogP contribution >= 0.6 is 0 Å². The van der Waals surface area contributed by atoms with Crippen LogP contribution in [-0.2, 0) is 32.8 Å². The molecule has 13 heteroatoms. The summed E-state index contributed by atoms with van der Waals surface area (Å²) in [5, 5.41) is 51.5. The predicted molar refractivity (Wildman–Crippen MR) is 199 cm³/mol. The monoisotopic (exact) mass is 729 g/mol. The molecule has 0 radical (unpaired) electrons. The van der Waals surface area contributed by atoms with E-state index in [1.165, 1.54) is 17.2 Å². The molecule has 53 heavy (non-hydrogen) atoms. The average molecular weight is 730 g/mol. The minimum Gasteiger partial charge on any atom is -0.508 e. The molecular weight excluding hydrogens is 682 g/mol. The first-order valence-electron chi connectivity index (χ1n) is 17.3. The fourth-order valence-electron chi connectivity index (χ4n) is 6.67. The van der Waals surface area contributed by atoms with E-state index in [9.17, 15) is 20.1 Å². The quantitative estimate of drug-likeness (QED) is 0.0605. The van der Waals surface area contributed by atoms with Crippen molar-refractivity contribution in [2.45, 2.75) is 43.7 Å². The Morgan fingerprint density at radius 1 is 0.925 bits per heavy atom. The molecule has 0 unspecified atom stereocenters. The molecular formula is C40H47N3O10. The number of piperidine rings is 1. The van der Waals surface area contributed by atoms with Crippen LogP contribution < -0.4 is 20.1 Å². The number of ether oxygens (including phenoxy) is 2. The number of benzene rings is 4. The number of hydrogen-bond acceptors (Lipinski definition) is 10. The highest BCUT2D eigenvalue weighted by molar-refractivity contribution is 5.97. The first-order chi connectivity index (χ1) is 25.6. The van der Waals surface area contributed by atoms with Crippen LogP contribution in [0.15, 0.2) is 84.9 Å². The summed E-state index contributed by atoms with van der Waals surface area (Å²) in [5.41, 5.74) is 5.01. The van der Waals surface area contributed by atoms with E-state index >= 15 is 0 Å². The van der Waals surface area contributed by atoms with Crippen molar-refractivity contribution < 1.29 is 49.4 Å². The van der Waals surface area contributed by atoms with E-state index in [4.69, 9.17) is 29.3 Å². The zero-order valence-corrected chi connectivity index (χ0v) is 29.6. The Bertz CT molecular complexity index is 1770. The molecule has 2 heterocycles. The van der Waals surface area contributed by atoms with E-state index in [2.05, 4.69) is 52.9 Å². The van der Waals surface area contributed by atoms with Gasteiger partial charge in [-0.15, -0.1) is 0 Å². The van der Waals surface area contributed by atoms with E-state index < -0.39 is 6.10 Å². The smallest absolute Gasteiger partial charge is 0.290 e. The maximum atomic E-state index is 11.6. The van der Waals surface area contributed by atoms with Gasteiger partial charge in [-0.25, -0.2) is 0 Å². The van der Waals surface area contributed by atoms with Gasteiger partial charge in [0, 0.05) is 29.6 Å². The number of anilines is 1. The Labute approximate surface area is 308 Å². The van der Waals surface area contributed by atoms with Crippen LogP contribution in [0.3, 0.4) is 0 Å². The summed E-state index contributed by atoms with van der Waals surface area (Å²) in [7, 11) is 2.16. The van der Waals surface area contributed by atoms with Crippen LogP contribution in [0.1, 0.15) is 53.2 Å². The number of fused-ring (bicyclic) bond motifs is 1. The lowest BCUT2D eigenvalue weighted by molar-refractivity contribution is -0.123. The second-order valence-corrected chi connectivity index (χ2v) is 12.8. The number of aliphatic hydroxyl groups is 1. The largest absolute Gasteiger partial charge is 0.508 e. The molecule has 0 bridgehead atoms. The molecule has 4 aromatic rings. The Morgan fingerprint density at radius 2 is 1.57 bits per heavy atom. The first-order valence-corrected chi connectivity index (χ1v) is 17.3. The Morgan fingerprint density at radius 3 is 2.25 bits per heavy atom. The van der Waals surface area contributed by atoms with Crippen LogP contribution in [0.5, 0.6) is 23.0 Å².